The number of aromatic amines is 1. The Bertz CT molecular complexity index is 1600. The molecule has 194 valence electrons. The van der Waals surface area contributed by atoms with E-state index < -0.39 is 28.3 Å². The van der Waals surface area contributed by atoms with Crippen molar-refractivity contribution in [1.29, 1.82) is 0 Å². The second-order valence-corrected chi connectivity index (χ2v) is 11.7. The van der Waals surface area contributed by atoms with Gasteiger partial charge >= 0.3 is 12.8 Å². The third-order valence-electron chi connectivity index (χ3n) is 7.26. The van der Waals surface area contributed by atoms with Crippen LogP contribution in [0.4, 0.5) is 0 Å². The zero-order valence-corrected chi connectivity index (χ0v) is 22.6. The normalized spacial score (nSPS) is 19.5. The molecule has 1 aromatic heterocycles. The number of nitrogens with one attached hydrogen (secondary N) is 1. The van der Waals surface area contributed by atoms with Gasteiger partial charge in [0.15, 0.2) is 5.84 Å². The topological polar surface area (TPSA) is 118 Å². The highest BCUT2D eigenvalue weighted by atomic mass is 32.2. The SMILES string of the molecule is CCN(/N=C/c1ccc2[nH]c(=O)n(CC)c2c1)C1=NS(=O)(=O)c2cc(B3OC(C)(C)C(C)(C)O3)ccc21. The van der Waals surface area contributed by atoms with E-state index in [9.17, 15) is 13.2 Å². The van der Waals surface area contributed by atoms with Crippen LogP contribution in [-0.4, -0.2) is 59.9 Å². The van der Waals surface area contributed by atoms with E-state index in [1.54, 1.807) is 34.0 Å². The van der Waals surface area contributed by atoms with E-state index in [4.69, 9.17) is 9.31 Å². The monoisotopic (exact) mass is 523 g/mol. The van der Waals surface area contributed by atoms with Crippen molar-refractivity contribution < 1.29 is 17.7 Å². The number of imidazole rings is 1. The minimum absolute atomic E-state index is 0.101. The lowest BCUT2D eigenvalue weighted by Crippen LogP contribution is -2.41. The van der Waals surface area contributed by atoms with Gasteiger partial charge in [0, 0.05) is 18.7 Å². The van der Waals surface area contributed by atoms with E-state index >= 15 is 0 Å². The molecule has 3 heterocycles. The Hall–Kier alpha value is -3.22. The van der Waals surface area contributed by atoms with Crippen molar-refractivity contribution >= 4 is 45.7 Å². The standard InChI is InChI=1S/C25H30BN5O5S/c1-7-30-20-13-16(9-12-19(20)28-23(30)32)15-27-31(8-2)22-18-11-10-17(14-21(18)37(33,34)29-22)26-35-24(3,4)25(5,6)36-26/h9-15H,7-8H2,1-6H3,(H,28,32)/b27-15+. The van der Waals surface area contributed by atoms with E-state index in [-0.39, 0.29) is 16.4 Å². The molecule has 12 heteroatoms. The molecule has 1 fully saturated rings. The number of amidine groups is 1. The lowest BCUT2D eigenvalue weighted by molar-refractivity contribution is 0.00578. The summed E-state index contributed by atoms with van der Waals surface area (Å²) in [6, 6.07) is 10.6. The van der Waals surface area contributed by atoms with Crippen LogP contribution in [-0.2, 0) is 25.9 Å². The zero-order valence-electron chi connectivity index (χ0n) is 21.8. The third-order valence-corrected chi connectivity index (χ3v) is 8.57. The maximum atomic E-state index is 13.0. The van der Waals surface area contributed by atoms with E-state index in [0.29, 0.717) is 24.1 Å². The van der Waals surface area contributed by atoms with Gasteiger partial charge < -0.3 is 14.3 Å². The van der Waals surface area contributed by atoms with Crippen molar-refractivity contribution in [3.05, 3.63) is 58.0 Å². The molecule has 1 saturated heterocycles. The molecule has 0 aliphatic carbocycles. The molecule has 37 heavy (non-hydrogen) atoms. The van der Waals surface area contributed by atoms with Crippen molar-refractivity contribution in [3.63, 3.8) is 0 Å². The molecular formula is C25H30BN5O5S. The first-order valence-electron chi connectivity index (χ1n) is 12.3. The second kappa shape index (κ2) is 8.68. The fourth-order valence-corrected chi connectivity index (χ4v) is 5.69. The Morgan fingerprint density at radius 3 is 2.46 bits per heavy atom. The average Bonchev–Trinajstić information content (AvgIpc) is 3.38. The van der Waals surface area contributed by atoms with Crippen molar-refractivity contribution in [1.82, 2.24) is 14.6 Å². The highest BCUT2D eigenvalue weighted by Gasteiger charge is 2.52. The molecule has 0 atom stereocenters. The molecule has 0 saturated carbocycles. The van der Waals surface area contributed by atoms with Gasteiger partial charge in [-0.05, 0) is 70.8 Å². The fraction of sp³-hybridized carbons (Fsp3) is 0.400. The van der Waals surface area contributed by atoms with Crippen LogP contribution in [0.1, 0.15) is 52.7 Å². The number of H-pyrrole nitrogens is 1. The van der Waals surface area contributed by atoms with Crippen LogP contribution in [0.3, 0.4) is 0 Å². The van der Waals surface area contributed by atoms with Crippen LogP contribution in [0.2, 0.25) is 0 Å². The third kappa shape index (κ3) is 4.22. The van der Waals surface area contributed by atoms with Crippen LogP contribution in [0.25, 0.3) is 11.0 Å². The lowest BCUT2D eigenvalue weighted by Gasteiger charge is -2.32. The molecule has 0 spiro atoms. The van der Waals surface area contributed by atoms with Gasteiger partial charge in [-0.15, -0.1) is 4.40 Å². The molecule has 0 bridgehead atoms. The summed E-state index contributed by atoms with van der Waals surface area (Å²) in [6.45, 7) is 12.5. The van der Waals surface area contributed by atoms with Crippen LogP contribution < -0.4 is 11.2 Å². The van der Waals surface area contributed by atoms with Crippen molar-refractivity contribution in [2.75, 3.05) is 6.54 Å². The highest BCUT2D eigenvalue weighted by Crippen LogP contribution is 2.37. The van der Waals surface area contributed by atoms with Gasteiger partial charge in [-0.2, -0.15) is 13.5 Å². The van der Waals surface area contributed by atoms with Gasteiger partial charge in [-0.3, -0.25) is 4.57 Å². The summed E-state index contributed by atoms with van der Waals surface area (Å²) in [6.07, 6.45) is 1.63. The maximum Gasteiger partial charge on any atom is 0.494 e. The Morgan fingerprint density at radius 2 is 1.81 bits per heavy atom. The summed E-state index contributed by atoms with van der Waals surface area (Å²) < 4.78 is 43.9. The minimum Gasteiger partial charge on any atom is -0.399 e. The Balaban J connectivity index is 1.45. The summed E-state index contributed by atoms with van der Waals surface area (Å²) in [4.78, 5) is 15.0. The maximum absolute atomic E-state index is 13.0. The van der Waals surface area contributed by atoms with Crippen molar-refractivity contribution in [2.24, 2.45) is 9.50 Å². The predicted octanol–water partition coefficient (Wildman–Crippen LogP) is 2.45. The summed E-state index contributed by atoms with van der Waals surface area (Å²) in [5.41, 5.74) is 2.13. The van der Waals surface area contributed by atoms with Gasteiger partial charge in [0.05, 0.1) is 28.5 Å². The number of fused-ring (bicyclic) bond motifs is 2. The van der Waals surface area contributed by atoms with Crippen LogP contribution in [0.15, 0.2) is 55.6 Å². The van der Waals surface area contributed by atoms with E-state index in [1.807, 2.05) is 59.7 Å². The minimum atomic E-state index is -3.92. The number of hydrazone groups is 1. The average molecular weight is 523 g/mol. The van der Waals surface area contributed by atoms with Gasteiger partial charge in [-0.25, -0.2) is 9.80 Å². The molecule has 2 aromatic carbocycles. The fourth-order valence-electron chi connectivity index (χ4n) is 4.45. The summed E-state index contributed by atoms with van der Waals surface area (Å²) in [5.74, 6) is 0.252. The van der Waals surface area contributed by atoms with E-state index in [0.717, 1.165) is 16.6 Å². The number of hydrogen-bond donors (Lipinski definition) is 1. The smallest absolute Gasteiger partial charge is 0.399 e. The molecule has 3 aromatic rings. The Morgan fingerprint density at radius 1 is 1.11 bits per heavy atom. The molecule has 10 nitrogen and oxygen atoms in total. The molecular weight excluding hydrogens is 493 g/mol. The number of rotatable bonds is 5. The highest BCUT2D eigenvalue weighted by molar-refractivity contribution is 7.90. The first-order chi connectivity index (χ1) is 17.4. The zero-order chi connectivity index (χ0) is 26.8. The van der Waals surface area contributed by atoms with Gasteiger partial charge in [-0.1, -0.05) is 18.2 Å². The summed E-state index contributed by atoms with van der Waals surface area (Å²) >= 11 is 0. The number of sulfonamides is 1. The van der Waals surface area contributed by atoms with Gasteiger partial charge in [0.25, 0.3) is 10.0 Å². The van der Waals surface area contributed by atoms with Gasteiger partial charge in [0.1, 0.15) is 4.90 Å². The first kappa shape index (κ1) is 25.4. The Labute approximate surface area is 216 Å². The number of benzene rings is 2. The largest absolute Gasteiger partial charge is 0.494 e. The summed E-state index contributed by atoms with van der Waals surface area (Å²) in [7, 11) is -4.60. The summed E-state index contributed by atoms with van der Waals surface area (Å²) in [5, 5.41) is 6.08. The predicted molar refractivity (Wildman–Crippen MR) is 144 cm³/mol. The molecule has 2 aliphatic heterocycles. The first-order valence-corrected chi connectivity index (χ1v) is 13.7. The molecule has 0 radical (unpaired) electrons. The number of nitrogens with zero attached hydrogens (tertiary/aromatic N) is 4. The second-order valence-electron chi connectivity index (χ2n) is 10.1. The van der Waals surface area contributed by atoms with E-state index in [2.05, 4.69) is 14.5 Å². The van der Waals surface area contributed by atoms with Crippen LogP contribution >= 0.6 is 0 Å². The van der Waals surface area contributed by atoms with Crippen molar-refractivity contribution in [3.8, 4) is 0 Å². The molecule has 2 aliphatic rings. The van der Waals surface area contributed by atoms with Crippen LogP contribution in [0.5, 0.6) is 0 Å². The Kier molecular flexibility index (Phi) is 5.96. The number of aromatic nitrogens is 2. The van der Waals surface area contributed by atoms with E-state index in [1.165, 1.54) is 0 Å². The van der Waals surface area contributed by atoms with Crippen molar-refractivity contribution in [2.45, 2.75) is 64.2 Å². The molecule has 0 unspecified atom stereocenters. The number of aryl methyl sites for hydroxylation is 1. The number of hydrogen-bond acceptors (Lipinski definition) is 7. The molecule has 1 N–H and O–H groups in total. The molecule has 5 rings (SSSR count). The lowest BCUT2D eigenvalue weighted by atomic mass is 9.79. The van der Waals surface area contributed by atoms with Crippen LogP contribution in [0, 0.1) is 0 Å². The van der Waals surface area contributed by atoms with Gasteiger partial charge in [0.2, 0.25) is 0 Å². The molecule has 0 amide bonds. The quantitative estimate of drug-likeness (QED) is 0.312.